The molecule has 0 radical (unpaired) electrons. The van der Waals surface area contributed by atoms with E-state index in [2.05, 4.69) is 20.9 Å². The standard InChI is InChI=1S/C29H34N4O4/c1-2-9-24(32-27(34)13-8-19-31-26-12-6-7-18-30-26)29(37)33-25(20-28(35)36)23-16-14-22(15-17-23)21-10-4-3-5-11-21/h3-7,10-12,14-18,24-25H,2,8-9,13,19-20H2,1H3,(H,30,31)(H,32,34)(H,33,37)(H,35,36)/t24-,25?/m1/s1. The van der Waals surface area contributed by atoms with E-state index in [1.807, 2.05) is 79.7 Å². The van der Waals surface area contributed by atoms with Crippen LogP contribution in [0.1, 0.15) is 50.6 Å². The average Bonchev–Trinajstić information content (AvgIpc) is 2.91. The van der Waals surface area contributed by atoms with Crippen LogP contribution in [-0.2, 0) is 14.4 Å². The number of carbonyl (C=O) groups excluding carboxylic acids is 2. The first-order chi connectivity index (χ1) is 18.0. The van der Waals surface area contributed by atoms with Crippen molar-refractivity contribution in [3.8, 4) is 11.1 Å². The first kappa shape index (κ1) is 27.4. The van der Waals surface area contributed by atoms with E-state index in [1.54, 1.807) is 6.20 Å². The Balaban J connectivity index is 1.58. The SMILES string of the molecule is CCC[C@@H](NC(=O)CCCNc1ccccn1)C(=O)NC(CC(=O)O)c1ccc(-c2ccccc2)cc1. The summed E-state index contributed by atoms with van der Waals surface area (Å²) in [6.45, 7) is 2.51. The van der Waals surface area contributed by atoms with Crippen LogP contribution in [0.25, 0.3) is 11.1 Å². The van der Waals surface area contributed by atoms with Gasteiger partial charge < -0.3 is 21.1 Å². The number of carbonyl (C=O) groups is 3. The van der Waals surface area contributed by atoms with Crippen LogP contribution in [0.5, 0.6) is 0 Å². The van der Waals surface area contributed by atoms with Crippen LogP contribution in [0, 0.1) is 0 Å². The maximum absolute atomic E-state index is 13.1. The summed E-state index contributed by atoms with van der Waals surface area (Å²) in [7, 11) is 0. The summed E-state index contributed by atoms with van der Waals surface area (Å²) in [6, 6.07) is 21.5. The zero-order valence-corrected chi connectivity index (χ0v) is 21.0. The maximum atomic E-state index is 13.1. The fraction of sp³-hybridized carbons (Fsp3) is 0.310. The smallest absolute Gasteiger partial charge is 0.305 e. The summed E-state index contributed by atoms with van der Waals surface area (Å²) < 4.78 is 0. The number of hydrogen-bond donors (Lipinski definition) is 4. The topological polar surface area (TPSA) is 120 Å². The zero-order valence-electron chi connectivity index (χ0n) is 21.0. The molecule has 37 heavy (non-hydrogen) atoms. The summed E-state index contributed by atoms with van der Waals surface area (Å²) in [6.07, 6.45) is 3.41. The van der Waals surface area contributed by atoms with Gasteiger partial charge in [0.25, 0.3) is 0 Å². The summed E-state index contributed by atoms with van der Waals surface area (Å²) in [4.78, 5) is 41.3. The van der Waals surface area contributed by atoms with Gasteiger partial charge in [0.2, 0.25) is 11.8 Å². The van der Waals surface area contributed by atoms with E-state index in [0.717, 1.165) is 16.9 Å². The molecular weight excluding hydrogens is 468 g/mol. The number of nitrogens with zero attached hydrogens (tertiary/aromatic N) is 1. The summed E-state index contributed by atoms with van der Waals surface area (Å²) in [5.41, 5.74) is 2.74. The Labute approximate surface area is 217 Å². The van der Waals surface area contributed by atoms with E-state index in [-0.39, 0.29) is 24.7 Å². The lowest BCUT2D eigenvalue weighted by Crippen LogP contribution is -2.47. The highest BCUT2D eigenvalue weighted by atomic mass is 16.4. The molecule has 8 nitrogen and oxygen atoms in total. The minimum absolute atomic E-state index is 0.224. The molecule has 3 aromatic rings. The molecule has 8 heteroatoms. The fourth-order valence-electron chi connectivity index (χ4n) is 3.99. The zero-order chi connectivity index (χ0) is 26.5. The van der Waals surface area contributed by atoms with E-state index < -0.39 is 18.1 Å². The molecule has 1 heterocycles. The first-order valence-corrected chi connectivity index (χ1v) is 12.6. The molecule has 0 aliphatic carbocycles. The predicted octanol–water partition coefficient (Wildman–Crippen LogP) is 4.56. The van der Waals surface area contributed by atoms with Gasteiger partial charge >= 0.3 is 5.97 Å². The van der Waals surface area contributed by atoms with Gasteiger partial charge in [0, 0.05) is 19.2 Å². The Morgan fingerprint density at radius 3 is 2.24 bits per heavy atom. The van der Waals surface area contributed by atoms with Gasteiger partial charge in [0.15, 0.2) is 0 Å². The molecule has 0 aliphatic heterocycles. The van der Waals surface area contributed by atoms with Gasteiger partial charge in [-0.3, -0.25) is 14.4 Å². The molecule has 0 spiro atoms. The van der Waals surface area contributed by atoms with Crippen LogP contribution in [0.3, 0.4) is 0 Å². The number of pyridine rings is 1. The number of anilines is 1. The number of carboxylic acids is 1. The second kappa shape index (κ2) is 14.4. The largest absolute Gasteiger partial charge is 0.481 e. The fourth-order valence-corrected chi connectivity index (χ4v) is 3.99. The average molecular weight is 503 g/mol. The van der Waals surface area contributed by atoms with Crippen LogP contribution in [0.15, 0.2) is 79.0 Å². The van der Waals surface area contributed by atoms with Crippen molar-refractivity contribution >= 4 is 23.6 Å². The number of rotatable bonds is 14. The van der Waals surface area contributed by atoms with Gasteiger partial charge in [-0.2, -0.15) is 0 Å². The molecule has 0 saturated heterocycles. The van der Waals surface area contributed by atoms with Crippen molar-refractivity contribution in [1.29, 1.82) is 0 Å². The molecule has 1 aromatic heterocycles. The van der Waals surface area contributed by atoms with E-state index in [0.29, 0.717) is 31.4 Å². The van der Waals surface area contributed by atoms with Crippen molar-refractivity contribution in [3.05, 3.63) is 84.6 Å². The molecular formula is C29H34N4O4. The molecule has 194 valence electrons. The Bertz CT molecular complexity index is 1140. The Kier molecular flexibility index (Phi) is 10.6. The van der Waals surface area contributed by atoms with Gasteiger partial charge in [0.1, 0.15) is 11.9 Å². The van der Waals surface area contributed by atoms with Crippen LogP contribution in [0.2, 0.25) is 0 Å². The monoisotopic (exact) mass is 502 g/mol. The van der Waals surface area contributed by atoms with Gasteiger partial charge in [-0.15, -0.1) is 0 Å². The molecule has 4 N–H and O–H groups in total. The lowest BCUT2D eigenvalue weighted by atomic mass is 9.98. The Morgan fingerprint density at radius 1 is 0.892 bits per heavy atom. The van der Waals surface area contributed by atoms with Crippen molar-refractivity contribution < 1.29 is 19.5 Å². The van der Waals surface area contributed by atoms with Crippen molar-refractivity contribution in [2.45, 2.75) is 51.1 Å². The number of aliphatic carboxylic acids is 1. The molecule has 0 fully saturated rings. The normalized spacial score (nSPS) is 12.2. The minimum Gasteiger partial charge on any atom is -0.481 e. The number of hydrogen-bond acceptors (Lipinski definition) is 5. The third kappa shape index (κ3) is 9.07. The third-order valence-corrected chi connectivity index (χ3v) is 5.90. The van der Waals surface area contributed by atoms with E-state index in [4.69, 9.17) is 0 Å². The number of aromatic nitrogens is 1. The molecule has 3 rings (SSSR count). The number of amides is 2. The Hall–Kier alpha value is -4.20. The van der Waals surface area contributed by atoms with Crippen molar-refractivity contribution in [1.82, 2.24) is 15.6 Å². The van der Waals surface area contributed by atoms with E-state index >= 15 is 0 Å². The molecule has 1 unspecified atom stereocenters. The molecule has 2 atom stereocenters. The molecule has 0 saturated carbocycles. The highest BCUT2D eigenvalue weighted by Gasteiger charge is 2.25. The Morgan fingerprint density at radius 2 is 1.59 bits per heavy atom. The highest BCUT2D eigenvalue weighted by Crippen LogP contribution is 2.23. The van der Waals surface area contributed by atoms with Gasteiger partial charge in [-0.25, -0.2) is 4.98 Å². The highest BCUT2D eigenvalue weighted by molar-refractivity contribution is 5.88. The van der Waals surface area contributed by atoms with Crippen LogP contribution in [-0.4, -0.2) is 40.5 Å². The number of carboxylic acid groups (broad SMARTS) is 1. The van der Waals surface area contributed by atoms with E-state index in [1.165, 1.54) is 0 Å². The molecule has 2 aromatic carbocycles. The summed E-state index contributed by atoms with van der Waals surface area (Å²) >= 11 is 0. The quantitative estimate of drug-likeness (QED) is 0.240. The maximum Gasteiger partial charge on any atom is 0.305 e. The lowest BCUT2D eigenvalue weighted by molar-refractivity contribution is -0.138. The molecule has 0 bridgehead atoms. The predicted molar refractivity (Wildman–Crippen MR) is 144 cm³/mol. The van der Waals surface area contributed by atoms with E-state index in [9.17, 15) is 19.5 Å². The lowest BCUT2D eigenvalue weighted by Gasteiger charge is -2.23. The van der Waals surface area contributed by atoms with Gasteiger partial charge in [-0.05, 0) is 41.7 Å². The third-order valence-electron chi connectivity index (χ3n) is 5.90. The van der Waals surface area contributed by atoms with Gasteiger partial charge in [-0.1, -0.05) is 74.0 Å². The minimum atomic E-state index is -1.02. The number of nitrogens with one attached hydrogen (secondary N) is 3. The van der Waals surface area contributed by atoms with Crippen LogP contribution < -0.4 is 16.0 Å². The second-order valence-corrected chi connectivity index (χ2v) is 8.80. The van der Waals surface area contributed by atoms with Crippen LogP contribution in [0.4, 0.5) is 5.82 Å². The summed E-state index contributed by atoms with van der Waals surface area (Å²) in [5, 5.41) is 18.3. The van der Waals surface area contributed by atoms with Crippen molar-refractivity contribution in [2.75, 3.05) is 11.9 Å². The van der Waals surface area contributed by atoms with Gasteiger partial charge in [0.05, 0.1) is 12.5 Å². The van der Waals surface area contributed by atoms with Crippen molar-refractivity contribution in [2.24, 2.45) is 0 Å². The second-order valence-electron chi connectivity index (χ2n) is 8.80. The molecule has 2 amide bonds. The number of benzene rings is 2. The first-order valence-electron chi connectivity index (χ1n) is 12.6. The molecule has 0 aliphatic rings. The van der Waals surface area contributed by atoms with Crippen molar-refractivity contribution in [3.63, 3.8) is 0 Å². The van der Waals surface area contributed by atoms with Crippen LogP contribution >= 0.6 is 0 Å². The summed E-state index contributed by atoms with van der Waals surface area (Å²) in [5.74, 6) is -0.889.